The molecule has 3 heteroatoms. The van der Waals surface area contributed by atoms with E-state index in [0.29, 0.717) is 0 Å². The Labute approximate surface area is 83.9 Å². The van der Waals surface area contributed by atoms with Crippen molar-refractivity contribution in [3.05, 3.63) is 35.9 Å². The molecule has 1 aromatic rings. The predicted molar refractivity (Wildman–Crippen MR) is 54.6 cm³/mol. The lowest BCUT2D eigenvalue weighted by Crippen LogP contribution is -2.35. The second-order valence-corrected chi connectivity index (χ2v) is 3.54. The van der Waals surface area contributed by atoms with Crippen molar-refractivity contribution in [3.8, 4) is 0 Å². The summed E-state index contributed by atoms with van der Waals surface area (Å²) in [5.74, 6) is -0.293. The molecule has 0 amide bonds. The average molecular weight is 193 g/mol. The fourth-order valence-corrected chi connectivity index (χ4v) is 1.29. The second kappa shape index (κ2) is 4.24. The molecule has 3 nitrogen and oxygen atoms in total. The Kier molecular flexibility index (Phi) is 3.25. The van der Waals surface area contributed by atoms with Crippen molar-refractivity contribution in [3.63, 3.8) is 0 Å². The smallest absolute Gasteiger partial charge is 0.307 e. The summed E-state index contributed by atoms with van der Waals surface area (Å²) in [6, 6.07) is 9.53. The van der Waals surface area contributed by atoms with Gasteiger partial charge in [0.2, 0.25) is 0 Å². The molecule has 0 saturated carbocycles. The van der Waals surface area contributed by atoms with Crippen LogP contribution in [0.4, 0.5) is 0 Å². The van der Waals surface area contributed by atoms with E-state index in [2.05, 4.69) is 4.74 Å². The summed E-state index contributed by atoms with van der Waals surface area (Å²) in [4.78, 5) is 11.1. The van der Waals surface area contributed by atoms with Gasteiger partial charge in [0.1, 0.15) is 0 Å². The molecule has 0 aromatic heterocycles. The van der Waals surface area contributed by atoms with Gasteiger partial charge in [0.25, 0.3) is 0 Å². The van der Waals surface area contributed by atoms with Crippen LogP contribution in [-0.2, 0) is 15.1 Å². The minimum absolute atomic E-state index is 0.188. The van der Waals surface area contributed by atoms with Crippen molar-refractivity contribution in [2.24, 2.45) is 5.73 Å². The lowest BCUT2D eigenvalue weighted by atomic mass is 9.90. The van der Waals surface area contributed by atoms with E-state index in [1.807, 2.05) is 37.3 Å². The first-order valence-electron chi connectivity index (χ1n) is 4.47. The zero-order chi connectivity index (χ0) is 10.6. The van der Waals surface area contributed by atoms with Gasteiger partial charge in [0.05, 0.1) is 13.5 Å². The van der Waals surface area contributed by atoms with Crippen molar-refractivity contribution in [2.45, 2.75) is 18.9 Å². The molecule has 0 aliphatic rings. The Bertz CT molecular complexity index is 306. The van der Waals surface area contributed by atoms with E-state index in [1.165, 1.54) is 7.11 Å². The minimum Gasteiger partial charge on any atom is -0.469 e. The van der Waals surface area contributed by atoms with Crippen molar-refractivity contribution in [1.82, 2.24) is 0 Å². The van der Waals surface area contributed by atoms with Gasteiger partial charge in [0.15, 0.2) is 0 Å². The average Bonchev–Trinajstić information content (AvgIpc) is 2.18. The molecule has 0 unspecified atom stereocenters. The number of methoxy groups -OCH3 is 1. The van der Waals surface area contributed by atoms with Crippen molar-refractivity contribution in [1.29, 1.82) is 0 Å². The quantitative estimate of drug-likeness (QED) is 0.739. The van der Waals surface area contributed by atoms with E-state index in [4.69, 9.17) is 5.73 Å². The van der Waals surface area contributed by atoms with Crippen molar-refractivity contribution in [2.75, 3.05) is 7.11 Å². The summed E-state index contributed by atoms with van der Waals surface area (Å²) in [5, 5.41) is 0. The molecule has 0 saturated heterocycles. The predicted octanol–water partition coefficient (Wildman–Crippen LogP) is 1.42. The number of carbonyl (C=O) groups is 1. The van der Waals surface area contributed by atoms with E-state index >= 15 is 0 Å². The number of benzene rings is 1. The maximum atomic E-state index is 11.1. The third-order valence-corrected chi connectivity index (χ3v) is 2.17. The summed E-state index contributed by atoms with van der Waals surface area (Å²) < 4.78 is 4.59. The summed E-state index contributed by atoms with van der Waals surface area (Å²) in [7, 11) is 1.36. The van der Waals surface area contributed by atoms with E-state index in [0.717, 1.165) is 5.56 Å². The molecule has 0 spiro atoms. The lowest BCUT2D eigenvalue weighted by molar-refractivity contribution is -0.141. The summed E-state index contributed by atoms with van der Waals surface area (Å²) in [6.45, 7) is 1.82. The molecule has 0 radical (unpaired) electrons. The van der Waals surface area contributed by atoms with E-state index in [-0.39, 0.29) is 12.4 Å². The highest BCUT2D eigenvalue weighted by atomic mass is 16.5. The van der Waals surface area contributed by atoms with Crippen LogP contribution in [0.2, 0.25) is 0 Å². The van der Waals surface area contributed by atoms with Crippen LogP contribution in [0.3, 0.4) is 0 Å². The Balaban J connectivity index is 2.80. The number of ether oxygens (including phenoxy) is 1. The third kappa shape index (κ3) is 2.57. The summed E-state index contributed by atoms with van der Waals surface area (Å²) in [6.07, 6.45) is 0.188. The van der Waals surface area contributed by atoms with Gasteiger partial charge < -0.3 is 10.5 Å². The van der Waals surface area contributed by atoms with Gasteiger partial charge in [-0.25, -0.2) is 0 Å². The Morgan fingerprint density at radius 1 is 1.43 bits per heavy atom. The van der Waals surface area contributed by atoms with Crippen LogP contribution in [-0.4, -0.2) is 13.1 Å². The molecule has 1 aromatic carbocycles. The molecular formula is C11H15NO2. The molecule has 1 rings (SSSR count). The van der Waals surface area contributed by atoms with Gasteiger partial charge in [-0.15, -0.1) is 0 Å². The molecule has 76 valence electrons. The fraction of sp³-hybridized carbons (Fsp3) is 0.364. The maximum Gasteiger partial charge on any atom is 0.307 e. The molecule has 0 heterocycles. The van der Waals surface area contributed by atoms with E-state index in [1.54, 1.807) is 0 Å². The minimum atomic E-state index is -0.658. The third-order valence-electron chi connectivity index (χ3n) is 2.17. The van der Waals surface area contributed by atoms with Crippen LogP contribution < -0.4 is 5.73 Å². The Morgan fingerprint density at radius 2 is 2.00 bits per heavy atom. The highest BCUT2D eigenvalue weighted by molar-refractivity contribution is 5.71. The fourth-order valence-electron chi connectivity index (χ4n) is 1.29. The standard InChI is InChI=1S/C11H15NO2/c1-11(12,8-10(13)14-2)9-6-4-3-5-7-9/h3-7H,8,12H2,1-2H3/t11-/m1/s1. The number of esters is 1. The summed E-state index contributed by atoms with van der Waals surface area (Å²) in [5.41, 5.74) is 6.29. The van der Waals surface area contributed by atoms with Gasteiger partial charge in [0, 0.05) is 5.54 Å². The zero-order valence-electron chi connectivity index (χ0n) is 8.49. The number of hydrogen-bond acceptors (Lipinski definition) is 3. The number of carbonyl (C=O) groups excluding carboxylic acids is 1. The highest BCUT2D eigenvalue weighted by Gasteiger charge is 2.24. The first kappa shape index (κ1) is 10.7. The molecule has 0 aliphatic heterocycles. The SMILES string of the molecule is COC(=O)C[C@@](C)(N)c1ccccc1. The van der Waals surface area contributed by atoms with E-state index < -0.39 is 5.54 Å². The molecular weight excluding hydrogens is 178 g/mol. The largest absolute Gasteiger partial charge is 0.469 e. The molecule has 0 fully saturated rings. The number of nitrogens with two attached hydrogens (primary N) is 1. The van der Waals surface area contributed by atoms with E-state index in [9.17, 15) is 4.79 Å². The number of rotatable bonds is 3. The lowest BCUT2D eigenvalue weighted by Gasteiger charge is -2.23. The van der Waals surface area contributed by atoms with Crippen LogP contribution in [0.5, 0.6) is 0 Å². The van der Waals surface area contributed by atoms with Crippen LogP contribution >= 0.6 is 0 Å². The molecule has 2 N–H and O–H groups in total. The van der Waals surface area contributed by atoms with Crippen LogP contribution in [0, 0.1) is 0 Å². The number of hydrogen-bond donors (Lipinski definition) is 1. The van der Waals surface area contributed by atoms with Gasteiger partial charge in [-0.3, -0.25) is 4.79 Å². The first-order valence-corrected chi connectivity index (χ1v) is 4.47. The van der Waals surface area contributed by atoms with Crippen LogP contribution in [0.1, 0.15) is 18.9 Å². The van der Waals surface area contributed by atoms with Gasteiger partial charge in [-0.05, 0) is 12.5 Å². The van der Waals surface area contributed by atoms with Crippen molar-refractivity contribution >= 4 is 5.97 Å². The second-order valence-electron chi connectivity index (χ2n) is 3.54. The first-order chi connectivity index (χ1) is 6.56. The molecule has 1 atom stereocenters. The van der Waals surface area contributed by atoms with Crippen LogP contribution in [0.25, 0.3) is 0 Å². The zero-order valence-corrected chi connectivity index (χ0v) is 8.49. The van der Waals surface area contributed by atoms with Crippen LogP contribution in [0.15, 0.2) is 30.3 Å². The normalized spacial score (nSPS) is 14.5. The Morgan fingerprint density at radius 3 is 2.50 bits per heavy atom. The van der Waals surface area contributed by atoms with Crippen molar-refractivity contribution < 1.29 is 9.53 Å². The topological polar surface area (TPSA) is 52.3 Å². The van der Waals surface area contributed by atoms with Gasteiger partial charge in [-0.2, -0.15) is 0 Å². The Hall–Kier alpha value is -1.35. The van der Waals surface area contributed by atoms with Gasteiger partial charge in [-0.1, -0.05) is 30.3 Å². The monoisotopic (exact) mass is 193 g/mol. The summed E-state index contributed by atoms with van der Waals surface area (Å²) >= 11 is 0. The maximum absolute atomic E-state index is 11.1. The molecule has 0 bridgehead atoms. The molecule has 14 heavy (non-hydrogen) atoms. The molecule has 0 aliphatic carbocycles. The van der Waals surface area contributed by atoms with Gasteiger partial charge >= 0.3 is 5.97 Å². The highest BCUT2D eigenvalue weighted by Crippen LogP contribution is 2.21.